The van der Waals surface area contributed by atoms with E-state index in [2.05, 4.69) is 26.0 Å². The number of rotatable bonds is 5. The van der Waals surface area contributed by atoms with Crippen molar-refractivity contribution in [3.63, 3.8) is 0 Å². The van der Waals surface area contributed by atoms with Crippen LogP contribution < -0.4 is 0 Å². The summed E-state index contributed by atoms with van der Waals surface area (Å²) in [5, 5.41) is 18.1. The lowest BCUT2D eigenvalue weighted by Gasteiger charge is -2.26. The molecule has 0 amide bonds. The summed E-state index contributed by atoms with van der Waals surface area (Å²) in [6.07, 6.45) is 9.86. The summed E-state index contributed by atoms with van der Waals surface area (Å²) >= 11 is 0. The van der Waals surface area contributed by atoms with E-state index < -0.39 is 5.60 Å². The molecule has 25 heavy (non-hydrogen) atoms. The van der Waals surface area contributed by atoms with Crippen LogP contribution in [0, 0.1) is 11.3 Å². The Hall–Kier alpha value is -1.71. The Bertz CT molecular complexity index is 625. The molecule has 0 spiro atoms. The van der Waals surface area contributed by atoms with Gasteiger partial charge in [0.2, 0.25) is 0 Å². The van der Waals surface area contributed by atoms with Crippen molar-refractivity contribution in [3.8, 4) is 0 Å². The van der Waals surface area contributed by atoms with Crippen LogP contribution in [0.25, 0.3) is 0 Å². The maximum Gasteiger partial charge on any atom is 0.121 e. The van der Waals surface area contributed by atoms with Gasteiger partial charge in [0.15, 0.2) is 0 Å². The third-order valence-corrected chi connectivity index (χ3v) is 5.05. The lowest BCUT2D eigenvalue weighted by atomic mass is 9.85. The summed E-state index contributed by atoms with van der Waals surface area (Å²) < 4.78 is 5.18. The first-order valence-corrected chi connectivity index (χ1v) is 9.26. The van der Waals surface area contributed by atoms with Crippen LogP contribution in [-0.2, 0) is 10.3 Å². The van der Waals surface area contributed by atoms with Crippen molar-refractivity contribution in [2.45, 2.75) is 64.8 Å². The van der Waals surface area contributed by atoms with E-state index in [1.54, 1.807) is 0 Å². The Morgan fingerprint density at radius 2 is 1.96 bits per heavy atom. The molecule has 1 aliphatic heterocycles. The van der Waals surface area contributed by atoms with Gasteiger partial charge in [-0.2, -0.15) is 0 Å². The summed E-state index contributed by atoms with van der Waals surface area (Å²) in [6, 6.07) is 9.80. The summed E-state index contributed by atoms with van der Waals surface area (Å²) in [6.45, 7) is 8.05. The molecular weight excluding hydrogens is 310 g/mol. The van der Waals surface area contributed by atoms with E-state index in [-0.39, 0.29) is 6.10 Å². The largest absolute Gasteiger partial charge is 0.381 e. The van der Waals surface area contributed by atoms with Crippen molar-refractivity contribution in [2.24, 2.45) is 5.92 Å². The van der Waals surface area contributed by atoms with E-state index in [1.165, 1.54) is 0 Å². The molecule has 1 heterocycles. The van der Waals surface area contributed by atoms with Gasteiger partial charge in [-0.3, -0.25) is 0 Å². The number of nitrogens with one attached hydrogen (secondary N) is 1. The van der Waals surface area contributed by atoms with Crippen LogP contribution in [0.1, 0.15) is 52.5 Å². The van der Waals surface area contributed by atoms with Gasteiger partial charge in [-0.05, 0) is 50.2 Å². The van der Waals surface area contributed by atoms with Crippen molar-refractivity contribution in [1.82, 2.24) is 0 Å². The van der Waals surface area contributed by atoms with Gasteiger partial charge in [-0.1, -0.05) is 62.4 Å². The van der Waals surface area contributed by atoms with Crippen molar-refractivity contribution < 1.29 is 9.84 Å². The highest BCUT2D eigenvalue weighted by Gasteiger charge is 2.39. The molecule has 1 aliphatic carbocycles. The molecule has 0 aromatic heterocycles. The predicted octanol–water partition coefficient (Wildman–Crippen LogP) is 5.01. The molecule has 0 saturated carbocycles. The highest BCUT2D eigenvalue weighted by atomic mass is 16.6. The van der Waals surface area contributed by atoms with E-state index >= 15 is 0 Å². The number of benzene rings is 1. The molecule has 1 saturated heterocycles. The zero-order chi connectivity index (χ0) is 18.4. The topological polar surface area (TPSA) is 56.6 Å². The number of epoxide rings is 1. The van der Waals surface area contributed by atoms with Gasteiger partial charge >= 0.3 is 0 Å². The van der Waals surface area contributed by atoms with Gasteiger partial charge in [-0.25, -0.2) is 0 Å². The molecule has 1 fully saturated rings. The first-order chi connectivity index (χ1) is 11.9. The van der Waals surface area contributed by atoms with E-state index in [0.717, 1.165) is 36.1 Å². The summed E-state index contributed by atoms with van der Waals surface area (Å²) in [4.78, 5) is 0. The standard InChI is InChI=1S/C14H16O.C8H15NO/c1-14(15,12-8-4-2-5-9-12)13-10-6-3-7-11-13;1-4-5(2)7(9)8-6(3)10-8/h2,4-6,8-11,15H,3,7H2,1H3;5-6,8-9H,4H2,1-3H3. The zero-order valence-corrected chi connectivity index (χ0v) is 15.8. The Kier molecular flexibility index (Phi) is 6.74. The monoisotopic (exact) mass is 341 g/mol. The van der Waals surface area contributed by atoms with Crippen LogP contribution in [0.4, 0.5) is 0 Å². The highest BCUT2D eigenvalue weighted by Crippen LogP contribution is 2.31. The molecule has 4 atom stereocenters. The average Bonchev–Trinajstić information content (AvgIpc) is 3.39. The summed E-state index contributed by atoms with van der Waals surface area (Å²) in [5.74, 6) is 0.398. The Morgan fingerprint density at radius 1 is 1.32 bits per heavy atom. The molecular formula is C22H31NO2. The average molecular weight is 341 g/mol. The van der Waals surface area contributed by atoms with Crippen LogP contribution in [0.15, 0.2) is 54.1 Å². The molecule has 0 radical (unpaired) electrons. The molecule has 0 bridgehead atoms. The van der Waals surface area contributed by atoms with Gasteiger partial charge in [0.1, 0.15) is 11.7 Å². The normalized spacial score (nSPS) is 25.1. The van der Waals surface area contributed by atoms with Crippen molar-refractivity contribution in [3.05, 3.63) is 59.7 Å². The minimum Gasteiger partial charge on any atom is -0.381 e. The van der Waals surface area contributed by atoms with Gasteiger partial charge in [0, 0.05) is 5.71 Å². The quantitative estimate of drug-likeness (QED) is 0.584. The Balaban J connectivity index is 0.000000196. The van der Waals surface area contributed by atoms with Crippen LogP contribution in [0.2, 0.25) is 0 Å². The van der Waals surface area contributed by atoms with Crippen LogP contribution in [0.3, 0.4) is 0 Å². The lowest BCUT2D eigenvalue weighted by molar-refractivity contribution is 0.101. The number of allylic oxidation sites excluding steroid dienone is 2. The summed E-state index contributed by atoms with van der Waals surface area (Å²) in [5.41, 5.74) is 1.86. The first-order valence-electron chi connectivity index (χ1n) is 9.26. The van der Waals surface area contributed by atoms with E-state index in [4.69, 9.17) is 10.1 Å². The zero-order valence-electron chi connectivity index (χ0n) is 15.8. The first kappa shape index (κ1) is 19.6. The van der Waals surface area contributed by atoms with Crippen LogP contribution >= 0.6 is 0 Å². The van der Waals surface area contributed by atoms with Crippen molar-refractivity contribution >= 4 is 5.71 Å². The van der Waals surface area contributed by atoms with E-state index in [0.29, 0.717) is 12.0 Å². The molecule has 1 aromatic rings. The maximum atomic E-state index is 10.5. The number of hydrogen-bond acceptors (Lipinski definition) is 3. The van der Waals surface area contributed by atoms with Gasteiger partial charge in [0.25, 0.3) is 0 Å². The summed E-state index contributed by atoms with van der Waals surface area (Å²) in [7, 11) is 0. The third kappa shape index (κ3) is 5.13. The second kappa shape index (κ2) is 8.59. The highest BCUT2D eigenvalue weighted by molar-refractivity contribution is 5.90. The predicted molar refractivity (Wildman–Crippen MR) is 104 cm³/mol. The Morgan fingerprint density at radius 3 is 2.44 bits per heavy atom. The minimum absolute atomic E-state index is 0.148. The lowest BCUT2D eigenvalue weighted by Crippen LogP contribution is -2.23. The molecule has 3 heteroatoms. The molecule has 3 rings (SSSR count). The molecule has 1 aromatic carbocycles. The fourth-order valence-electron chi connectivity index (χ4n) is 2.92. The smallest absolute Gasteiger partial charge is 0.121 e. The fraction of sp³-hybridized carbons (Fsp3) is 0.500. The van der Waals surface area contributed by atoms with E-state index in [9.17, 15) is 5.11 Å². The van der Waals surface area contributed by atoms with Crippen molar-refractivity contribution in [1.29, 1.82) is 5.41 Å². The number of ether oxygens (including phenoxy) is 1. The van der Waals surface area contributed by atoms with Gasteiger partial charge < -0.3 is 15.3 Å². The molecule has 4 unspecified atom stereocenters. The van der Waals surface area contributed by atoms with Crippen molar-refractivity contribution in [2.75, 3.05) is 0 Å². The molecule has 136 valence electrons. The molecule has 2 aliphatic rings. The SMILES string of the molecule is CC(O)(C1=CCCC=C1)c1ccccc1.CCC(C)C(=N)C1OC1C. The second-order valence-electron chi connectivity index (χ2n) is 7.10. The maximum absolute atomic E-state index is 10.5. The minimum atomic E-state index is -0.863. The fourth-order valence-corrected chi connectivity index (χ4v) is 2.92. The van der Waals surface area contributed by atoms with Crippen LogP contribution in [0.5, 0.6) is 0 Å². The number of aliphatic hydroxyl groups is 1. The number of hydrogen-bond donors (Lipinski definition) is 2. The third-order valence-electron chi connectivity index (χ3n) is 5.05. The Labute approximate surface area is 151 Å². The van der Waals surface area contributed by atoms with E-state index in [1.807, 2.05) is 50.3 Å². The molecule has 3 nitrogen and oxygen atoms in total. The molecule has 2 N–H and O–H groups in total. The second-order valence-corrected chi connectivity index (χ2v) is 7.10. The van der Waals surface area contributed by atoms with Crippen LogP contribution in [-0.4, -0.2) is 23.0 Å². The van der Waals surface area contributed by atoms with Gasteiger partial charge in [0.05, 0.1) is 6.10 Å². The van der Waals surface area contributed by atoms with Gasteiger partial charge in [-0.15, -0.1) is 0 Å².